The second kappa shape index (κ2) is 21.4. The van der Waals surface area contributed by atoms with Crippen LogP contribution in [-0.4, -0.2) is 53.8 Å². The topological polar surface area (TPSA) is 96.3 Å². The minimum Gasteiger partial charge on any atom is -0.494 e. The molecule has 0 aliphatic heterocycles. The second-order valence-corrected chi connectivity index (χ2v) is 10.2. The first-order chi connectivity index (χ1) is 18.3. The van der Waals surface area contributed by atoms with E-state index < -0.39 is 5.97 Å². The Kier molecular flexibility index (Phi) is 18.9. The highest BCUT2D eigenvalue weighted by atomic mass is 16.5. The smallest absolute Gasteiger partial charge is 0.303 e. The van der Waals surface area contributed by atoms with E-state index >= 15 is 0 Å². The third kappa shape index (κ3) is 17.1. The fraction of sp³-hybridized carbons (Fsp3) is 0.677. The van der Waals surface area contributed by atoms with Crippen molar-refractivity contribution < 1.29 is 29.3 Å². The maximum atomic E-state index is 11.6. The van der Waals surface area contributed by atoms with Crippen molar-refractivity contribution >= 4 is 11.9 Å². The monoisotopic (exact) mass is 533 g/mol. The first kappa shape index (κ1) is 33.5. The van der Waals surface area contributed by atoms with Crippen LogP contribution in [0.25, 0.3) is 0 Å². The van der Waals surface area contributed by atoms with Crippen LogP contribution in [0.15, 0.2) is 30.5 Å². The summed E-state index contributed by atoms with van der Waals surface area (Å²) >= 11 is 0. The van der Waals surface area contributed by atoms with Crippen LogP contribution in [0.5, 0.6) is 11.5 Å². The van der Waals surface area contributed by atoms with E-state index in [-0.39, 0.29) is 18.4 Å². The Morgan fingerprint density at radius 1 is 0.947 bits per heavy atom. The second-order valence-electron chi connectivity index (χ2n) is 10.2. The molecule has 216 valence electrons. The van der Waals surface area contributed by atoms with Crippen LogP contribution in [0, 0.1) is 0 Å². The summed E-state index contributed by atoms with van der Waals surface area (Å²) in [7, 11) is 3.50. The molecule has 0 heterocycles. The maximum Gasteiger partial charge on any atom is 0.303 e. The third-order valence-corrected chi connectivity index (χ3v) is 6.53. The molecular formula is C31H51NO6. The Hall–Kier alpha value is -2.54. The summed E-state index contributed by atoms with van der Waals surface area (Å²) < 4.78 is 11.6. The number of amides is 1. The standard InChI is InChI=1S/C31H51NO6/c1-4-5-6-7-8-11-16-27(33)17-12-9-10-14-24-38-29-21-20-28(25-26(29)19-22-31(35)36)37-23-15-13-18-30(34)32(2)3/h14,20-21,24-25,27,33H,4-13,15-19,22-23H2,1-3H3,(H,35,36)/b24-14+. The number of aliphatic carboxylic acids is 1. The minimum atomic E-state index is -0.859. The van der Waals surface area contributed by atoms with Crippen molar-refractivity contribution in [2.45, 2.75) is 116 Å². The van der Waals surface area contributed by atoms with Gasteiger partial charge < -0.3 is 24.6 Å². The van der Waals surface area contributed by atoms with Gasteiger partial charge in [0.1, 0.15) is 11.5 Å². The van der Waals surface area contributed by atoms with Crippen molar-refractivity contribution in [3.05, 3.63) is 36.1 Å². The van der Waals surface area contributed by atoms with Crippen LogP contribution in [0.3, 0.4) is 0 Å². The first-order valence-corrected chi connectivity index (χ1v) is 14.5. The summed E-state index contributed by atoms with van der Waals surface area (Å²) in [6.45, 7) is 2.72. The zero-order chi connectivity index (χ0) is 28.0. The van der Waals surface area contributed by atoms with Crippen molar-refractivity contribution in [3.63, 3.8) is 0 Å². The maximum absolute atomic E-state index is 11.6. The molecule has 0 spiro atoms. The van der Waals surface area contributed by atoms with Gasteiger partial charge in [-0.25, -0.2) is 0 Å². The van der Waals surface area contributed by atoms with E-state index in [4.69, 9.17) is 14.6 Å². The molecule has 1 aromatic carbocycles. The van der Waals surface area contributed by atoms with E-state index in [0.29, 0.717) is 30.9 Å². The average Bonchev–Trinajstić information content (AvgIpc) is 2.89. The predicted molar refractivity (Wildman–Crippen MR) is 153 cm³/mol. The number of benzene rings is 1. The number of aliphatic hydroxyl groups excluding tert-OH is 1. The van der Waals surface area contributed by atoms with Gasteiger partial charge in [0.25, 0.3) is 0 Å². The number of carbonyl (C=O) groups excluding carboxylic acids is 1. The van der Waals surface area contributed by atoms with Gasteiger partial charge in [0.05, 0.1) is 19.0 Å². The predicted octanol–water partition coefficient (Wildman–Crippen LogP) is 6.91. The van der Waals surface area contributed by atoms with Gasteiger partial charge in [-0.05, 0) is 74.8 Å². The number of rotatable bonds is 23. The largest absolute Gasteiger partial charge is 0.494 e. The number of carboxylic acid groups (broad SMARTS) is 1. The van der Waals surface area contributed by atoms with Gasteiger partial charge in [-0.2, -0.15) is 0 Å². The lowest BCUT2D eigenvalue weighted by Gasteiger charge is -2.12. The highest BCUT2D eigenvalue weighted by Crippen LogP contribution is 2.26. The van der Waals surface area contributed by atoms with E-state index in [2.05, 4.69) is 6.92 Å². The van der Waals surface area contributed by atoms with Crippen LogP contribution in [0.1, 0.15) is 109 Å². The summed E-state index contributed by atoms with van der Waals surface area (Å²) in [5.74, 6) is 0.541. The van der Waals surface area contributed by atoms with Gasteiger partial charge in [-0.3, -0.25) is 9.59 Å². The summed E-state index contributed by atoms with van der Waals surface area (Å²) in [6.07, 6.45) is 17.9. The number of carbonyl (C=O) groups is 2. The molecule has 2 N–H and O–H groups in total. The lowest BCUT2D eigenvalue weighted by atomic mass is 10.0. The summed E-state index contributed by atoms with van der Waals surface area (Å²) in [4.78, 5) is 24.3. The van der Waals surface area contributed by atoms with Gasteiger partial charge in [0.2, 0.25) is 5.91 Å². The summed E-state index contributed by atoms with van der Waals surface area (Å²) in [5.41, 5.74) is 0.787. The van der Waals surface area contributed by atoms with Crippen molar-refractivity contribution in [2.75, 3.05) is 20.7 Å². The van der Waals surface area contributed by atoms with Gasteiger partial charge in [-0.15, -0.1) is 0 Å². The molecule has 7 heteroatoms. The lowest BCUT2D eigenvalue weighted by Crippen LogP contribution is -2.21. The third-order valence-electron chi connectivity index (χ3n) is 6.53. The molecule has 1 aromatic rings. The van der Waals surface area contributed by atoms with Crippen molar-refractivity contribution in [1.29, 1.82) is 0 Å². The van der Waals surface area contributed by atoms with Gasteiger partial charge >= 0.3 is 5.97 Å². The molecule has 0 aromatic heterocycles. The molecule has 0 aliphatic rings. The van der Waals surface area contributed by atoms with E-state index in [1.165, 1.54) is 32.1 Å². The average molecular weight is 534 g/mol. The van der Waals surface area contributed by atoms with Gasteiger partial charge in [-0.1, -0.05) is 51.9 Å². The Bertz CT molecular complexity index is 808. The molecule has 1 rings (SSSR count). The number of carboxylic acids is 1. The molecule has 1 unspecified atom stereocenters. The fourth-order valence-electron chi connectivity index (χ4n) is 4.13. The van der Waals surface area contributed by atoms with Crippen LogP contribution in [0.2, 0.25) is 0 Å². The van der Waals surface area contributed by atoms with E-state index in [1.807, 2.05) is 24.3 Å². The molecule has 0 saturated carbocycles. The normalized spacial score (nSPS) is 12.0. The zero-order valence-electron chi connectivity index (χ0n) is 24.0. The minimum absolute atomic E-state index is 0.0112. The van der Waals surface area contributed by atoms with Crippen LogP contribution in [-0.2, 0) is 16.0 Å². The van der Waals surface area contributed by atoms with E-state index in [0.717, 1.165) is 56.9 Å². The SMILES string of the molecule is CCCCCCCCC(O)CCCC/C=C/Oc1ccc(OCCCCC(=O)N(C)C)cc1CCC(=O)O. The molecule has 0 bridgehead atoms. The van der Waals surface area contributed by atoms with Gasteiger partial charge in [0.15, 0.2) is 0 Å². The number of hydrogen-bond donors (Lipinski definition) is 2. The molecule has 1 atom stereocenters. The van der Waals surface area contributed by atoms with Crippen molar-refractivity contribution in [2.24, 2.45) is 0 Å². The molecule has 0 saturated heterocycles. The molecule has 7 nitrogen and oxygen atoms in total. The number of aliphatic hydroxyl groups is 1. The van der Waals surface area contributed by atoms with Crippen LogP contribution >= 0.6 is 0 Å². The fourth-order valence-corrected chi connectivity index (χ4v) is 4.13. The van der Waals surface area contributed by atoms with Gasteiger partial charge in [0, 0.05) is 26.9 Å². The number of ether oxygens (including phenoxy) is 2. The number of unbranched alkanes of at least 4 members (excludes halogenated alkanes) is 8. The van der Waals surface area contributed by atoms with E-state index in [1.54, 1.807) is 25.3 Å². The number of nitrogens with zero attached hydrogens (tertiary/aromatic N) is 1. The van der Waals surface area contributed by atoms with Crippen molar-refractivity contribution in [1.82, 2.24) is 4.90 Å². The highest BCUT2D eigenvalue weighted by Gasteiger charge is 2.09. The van der Waals surface area contributed by atoms with Crippen molar-refractivity contribution in [3.8, 4) is 11.5 Å². The quantitative estimate of drug-likeness (QED) is 0.117. The highest BCUT2D eigenvalue weighted by molar-refractivity contribution is 5.75. The molecular weight excluding hydrogens is 482 g/mol. The van der Waals surface area contributed by atoms with E-state index in [9.17, 15) is 14.7 Å². The Morgan fingerprint density at radius 3 is 2.37 bits per heavy atom. The molecule has 0 aliphatic carbocycles. The summed E-state index contributed by atoms with van der Waals surface area (Å²) in [6, 6.07) is 5.47. The van der Waals surface area contributed by atoms with Crippen LogP contribution < -0.4 is 9.47 Å². The molecule has 38 heavy (non-hydrogen) atoms. The number of hydrogen-bond acceptors (Lipinski definition) is 5. The first-order valence-electron chi connectivity index (χ1n) is 14.5. The zero-order valence-corrected chi connectivity index (χ0v) is 24.0. The molecule has 0 fully saturated rings. The summed E-state index contributed by atoms with van der Waals surface area (Å²) in [5, 5.41) is 19.3. The number of aryl methyl sites for hydroxylation is 1. The Labute approximate surface area is 230 Å². The Morgan fingerprint density at radius 2 is 1.66 bits per heavy atom. The number of allylic oxidation sites excluding steroid dienone is 1. The molecule has 0 radical (unpaired) electrons. The van der Waals surface area contributed by atoms with Crippen LogP contribution in [0.4, 0.5) is 0 Å². The lowest BCUT2D eigenvalue weighted by molar-refractivity contribution is -0.137. The Balaban J connectivity index is 2.37. The molecule has 1 amide bonds.